The molecule has 0 fully saturated rings. The summed E-state index contributed by atoms with van der Waals surface area (Å²) in [6, 6.07) is 9.99. The molecule has 0 amide bonds. The highest BCUT2D eigenvalue weighted by molar-refractivity contribution is 7.89. The Morgan fingerprint density at radius 3 is 2.52 bits per heavy atom. The zero-order valence-electron chi connectivity index (χ0n) is 14.9. The van der Waals surface area contributed by atoms with Gasteiger partial charge in [-0.15, -0.1) is 11.3 Å². The van der Waals surface area contributed by atoms with Gasteiger partial charge < -0.3 is 15.7 Å². The number of nitrogens with two attached hydrogens (primary N) is 1. The lowest BCUT2D eigenvalue weighted by Crippen LogP contribution is -2.38. The summed E-state index contributed by atoms with van der Waals surface area (Å²) in [6.07, 6.45) is -0.0259. The van der Waals surface area contributed by atoms with Crippen molar-refractivity contribution < 1.29 is 13.5 Å². The van der Waals surface area contributed by atoms with Crippen LogP contribution in [-0.4, -0.2) is 39.1 Å². The van der Waals surface area contributed by atoms with E-state index in [-0.39, 0.29) is 11.4 Å². The monoisotopic (exact) mass is 430 g/mol. The first-order valence-corrected chi connectivity index (χ1v) is 11.1. The van der Waals surface area contributed by atoms with E-state index in [1.807, 2.05) is 6.92 Å². The second kappa shape index (κ2) is 10.0. The Hall–Kier alpha value is -1.65. The molecule has 1 unspecified atom stereocenters. The Morgan fingerprint density at radius 1 is 1.26 bits per heavy atom. The van der Waals surface area contributed by atoms with Gasteiger partial charge in [-0.2, -0.15) is 0 Å². The van der Waals surface area contributed by atoms with E-state index in [1.165, 1.54) is 23.5 Å². The lowest BCUT2D eigenvalue weighted by Gasteiger charge is -2.13. The largest absolute Gasteiger partial charge is 0.386 e. The maximum absolute atomic E-state index is 11.3. The Bertz CT molecular complexity index is 867. The predicted molar refractivity (Wildman–Crippen MR) is 110 cm³/mol. The smallest absolute Gasteiger partial charge is 0.238 e. The first-order chi connectivity index (χ1) is 12.8. The molecule has 0 radical (unpaired) electrons. The molecule has 1 aromatic carbocycles. The fourth-order valence-corrected chi connectivity index (χ4v) is 3.84. The molecule has 2 aromatic rings. The summed E-state index contributed by atoms with van der Waals surface area (Å²) in [5.74, 6) is 0.598. The lowest BCUT2D eigenvalue weighted by atomic mass is 10.1. The summed E-state index contributed by atoms with van der Waals surface area (Å²) in [6.45, 7) is 3.46. The van der Waals surface area contributed by atoms with E-state index >= 15 is 0 Å². The molecule has 0 aliphatic rings. The molecule has 27 heavy (non-hydrogen) atoms. The van der Waals surface area contributed by atoms with Crippen LogP contribution in [0.25, 0.3) is 0 Å². The molecule has 1 heterocycles. The molecule has 0 saturated heterocycles. The molecule has 1 atom stereocenters. The fourth-order valence-electron chi connectivity index (χ4n) is 2.29. The normalized spacial score (nSPS) is 13.4. The number of nitrogens with one attached hydrogen (secondary N) is 2. The molecule has 2 rings (SSSR count). The van der Waals surface area contributed by atoms with Crippen molar-refractivity contribution in [2.75, 3.05) is 19.6 Å². The number of nitrogens with zero attached hydrogens (tertiary/aromatic N) is 1. The Balaban J connectivity index is 1.88. The summed E-state index contributed by atoms with van der Waals surface area (Å²) in [5, 5.41) is 21.6. The van der Waals surface area contributed by atoms with E-state index in [9.17, 15) is 13.5 Å². The van der Waals surface area contributed by atoms with Gasteiger partial charge in [0.15, 0.2) is 5.96 Å². The fraction of sp³-hybridized carbons (Fsp3) is 0.353. The second-order valence-corrected chi connectivity index (χ2v) is 9.05. The minimum atomic E-state index is -3.67. The zero-order chi connectivity index (χ0) is 19.9. The Morgan fingerprint density at radius 2 is 1.96 bits per heavy atom. The Labute approximate surface area is 168 Å². The van der Waals surface area contributed by atoms with Crippen molar-refractivity contribution in [3.05, 3.63) is 51.2 Å². The number of rotatable bonds is 8. The van der Waals surface area contributed by atoms with E-state index in [1.54, 1.807) is 24.3 Å². The van der Waals surface area contributed by atoms with Crippen molar-refractivity contribution in [2.45, 2.75) is 24.3 Å². The lowest BCUT2D eigenvalue weighted by molar-refractivity contribution is 0.191. The molecule has 148 valence electrons. The number of sulfonamides is 1. The summed E-state index contributed by atoms with van der Waals surface area (Å²) in [5.41, 5.74) is 0.971. The molecular formula is C17H23ClN4O3S2. The van der Waals surface area contributed by atoms with Gasteiger partial charge in [-0.1, -0.05) is 23.7 Å². The van der Waals surface area contributed by atoms with Gasteiger partial charge >= 0.3 is 0 Å². The molecule has 0 spiro atoms. The van der Waals surface area contributed by atoms with Crippen LogP contribution < -0.4 is 15.8 Å². The first kappa shape index (κ1) is 21.6. The number of halogens is 1. The Kier molecular flexibility index (Phi) is 8.06. The van der Waals surface area contributed by atoms with Crippen molar-refractivity contribution in [1.29, 1.82) is 0 Å². The van der Waals surface area contributed by atoms with Gasteiger partial charge in [0.1, 0.15) is 6.10 Å². The van der Waals surface area contributed by atoms with Crippen LogP contribution in [0.5, 0.6) is 0 Å². The molecule has 1 aromatic heterocycles. The van der Waals surface area contributed by atoms with E-state index in [0.29, 0.717) is 29.8 Å². The van der Waals surface area contributed by atoms with Gasteiger partial charge in [-0.3, -0.25) is 4.99 Å². The summed E-state index contributed by atoms with van der Waals surface area (Å²) in [4.78, 5) is 5.26. The number of thiophene rings is 1. The number of hydrogen-bond donors (Lipinski definition) is 4. The number of primary sulfonamides is 1. The molecule has 10 heteroatoms. The molecular weight excluding hydrogens is 408 g/mol. The van der Waals surface area contributed by atoms with Crippen molar-refractivity contribution >= 4 is 38.9 Å². The van der Waals surface area contributed by atoms with Crippen molar-refractivity contribution in [1.82, 2.24) is 10.6 Å². The topological polar surface area (TPSA) is 117 Å². The van der Waals surface area contributed by atoms with Gasteiger partial charge in [0.2, 0.25) is 10.0 Å². The number of aliphatic imine (C=N–C) groups is 1. The predicted octanol–water partition coefficient (Wildman–Crippen LogP) is 1.88. The minimum absolute atomic E-state index is 0.0942. The van der Waals surface area contributed by atoms with Gasteiger partial charge in [0.25, 0.3) is 0 Å². The average molecular weight is 431 g/mol. The van der Waals surface area contributed by atoms with Crippen molar-refractivity contribution in [2.24, 2.45) is 10.1 Å². The van der Waals surface area contributed by atoms with Crippen LogP contribution in [0.2, 0.25) is 4.34 Å². The van der Waals surface area contributed by atoms with Crippen LogP contribution in [0.4, 0.5) is 0 Å². The molecule has 0 aliphatic carbocycles. The van der Waals surface area contributed by atoms with E-state index in [2.05, 4.69) is 15.6 Å². The van der Waals surface area contributed by atoms with Crippen LogP contribution in [0, 0.1) is 0 Å². The third kappa shape index (κ3) is 7.11. The number of aliphatic hydroxyl groups is 1. The molecule has 0 saturated carbocycles. The van der Waals surface area contributed by atoms with E-state index in [4.69, 9.17) is 16.7 Å². The summed E-state index contributed by atoms with van der Waals surface area (Å²) in [7, 11) is -3.67. The van der Waals surface area contributed by atoms with Crippen molar-refractivity contribution in [3.63, 3.8) is 0 Å². The molecule has 0 aliphatic heterocycles. The quantitative estimate of drug-likeness (QED) is 0.377. The minimum Gasteiger partial charge on any atom is -0.386 e. The SMILES string of the molecule is CCNC(=NCC(O)c1ccc(Cl)s1)NCCc1ccc(S(N)(=O)=O)cc1. The maximum Gasteiger partial charge on any atom is 0.238 e. The van der Waals surface area contributed by atoms with E-state index < -0.39 is 16.1 Å². The van der Waals surface area contributed by atoms with Crippen LogP contribution >= 0.6 is 22.9 Å². The van der Waals surface area contributed by atoms with E-state index in [0.717, 1.165) is 10.4 Å². The van der Waals surface area contributed by atoms with Gasteiger partial charge in [-0.05, 0) is 43.2 Å². The number of hydrogen-bond acceptors (Lipinski definition) is 5. The average Bonchev–Trinajstić information content (AvgIpc) is 3.05. The zero-order valence-corrected chi connectivity index (χ0v) is 17.2. The van der Waals surface area contributed by atoms with Crippen molar-refractivity contribution in [3.8, 4) is 0 Å². The highest BCUT2D eigenvalue weighted by Gasteiger charge is 2.10. The van der Waals surface area contributed by atoms with Crippen LogP contribution in [0.1, 0.15) is 23.5 Å². The number of aliphatic hydroxyl groups excluding tert-OH is 1. The van der Waals surface area contributed by atoms with Crippen LogP contribution in [0.3, 0.4) is 0 Å². The number of benzene rings is 1. The van der Waals surface area contributed by atoms with Gasteiger partial charge in [0, 0.05) is 18.0 Å². The second-order valence-electron chi connectivity index (χ2n) is 5.74. The van der Waals surface area contributed by atoms with Gasteiger partial charge in [-0.25, -0.2) is 13.6 Å². The molecule has 5 N–H and O–H groups in total. The summed E-state index contributed by atoms with van der Waals surface area (Å²) >= 11 is 7.22. The summed E-state index contributed by atoms with van der Waals surface area (Å²) < 4.78 is 23.2. The number of guanidine groups is 1. The highest BCUT2D eigenvalue weighted by atomic mass is 35.5. The first-order valence-electron chi connectivity index (χ1n) is 8.37. The van der Waals surface area contributed by atoms with Crippen LogP contribution in [0.15, 0.2) is 46.3 Å². The third-order valence-corrected chi connectivity index (χ3v) is 5.91. The van der Waals surface area contributed by atoms with Crippen LogP contribution in [-0.2, 0) is 16.4 Å². The maximum atomic E-state index is 11.3. The standard InChI is InChI=1S/C17H23ClN4O3S2/c1-2-20-17(22-11-14(23)15-7-8-16(18)26-15)21-10-9-12-3-5-13(6-4-12)27(19,24)25/h3-8,14,23H,2,9-11H2,1H3,(H2,19,24,25)(H2,20,21,22). The molecule has 0 bridgehead atoms. The third-order valence-electron chi connectivity index (χ3n) is 3.65. The highest BCUT2D eigenvalue weighted by Crippen LogP contribution is 2.26. The molecule has 7 nitrogen and oxygen atoms in total. The van der Waals surface area contributed by atoms with Gasteiger partial charge in [0.05, 0.1) is 15.8 Å².